The number of amides is 2. The Hall–Kier alpha value is -2.04. The van der Waals surface area contributed by atoms with Gasteiger partial charge in [0, 0.05) is 0 Å². The normalized spacial score (nSPS) is 11.9. The Bertz CT molecular complexity index is 377. The summed E-state index contributed by atoms with van der Waals surface area (Å²) in [5.41, 5.74) is 19.2. The third-order valence-corrected chi connectivity index (χ3v) is 1.57. The highest BCUT2D eigenvalue weighted by Crippen LogP contribution is 1.85. The Kier molecular flexibility index (Phi) is 3.65. The molecule has 0 saturated heterocycles. The average Bonchev–Trinajstić information content (AvgIpc) is 1.77. The number of nitrogens with one attached hydrogen (secondary N) is 1. The zero-order chi connectivity index (χ0) is 11.4. The number of urea groups is 1. The van der Waals surface area contributed by atoms with Crippen molar-refractivity contribution in [2.75, 3.05) is 0 Å². The van der Waals surface area contributed by atoms with Gasteiger partial charge in [-0.2, -0.15) is 13.4 Å². The predicted octanol–water partition coefficient (Wildman–Crippen LogP) is -3.51. The van der Waals surface area contributed by atoms with Gasteiger partial charge in [0.25, 0.3) is 0 Å². The minimum atomic E-state index is -4.31. The van der Waals surface area contributed by atoms with Crippen LogP contribution in [-0.4, -0.2) is 26.4 Å². The van der Waals surface area contributed by atoms with E-state index in [9.17, 15) is 13.2 Å². The Morgan fingerprint density at radius 3 is 2.00 bits per heavy atom. The van der Waals surface area contributed by atoms with Gasteiger partial charge in [-0.05, 0) is 0 Å². The lowest BCUT2D eigenvalue weighted by molar-refractivity contribution is 0.253. The van der Waals surface area contributed by atoms with Crippen molar-refractivity contribution in [3.05, 3.63) is 0 Å². The van der Waals surface area contributed by atoms with E-state index in [1.54, 1.807) is 0 Å². The van der Waals surface area contributed by atoms with Crippen LogP contribution in [-0.2, 0) is 10.2 Å². The van der Waals surface area contributed by atoms with Crippen molar-refractivity contribution in [2.24, 2.45) is 32.3 Å². The van der Waals surface area contributed by atoms with Gasteiger partial charge >= 0.3 is 16.2 Å². The average molecular weight is 223 g/mol. The van der Waals surface area contributed by atoms with Gasteiger partial charge in [-0.25, -0.2) is 9.52 Å². The molecular weight excluding hydrogens is 214 g/mol. The van der Waals surface area contributed by atoms with E-state index in [1.165, 1.54) is 4.72 Å². The van der Waals surface area contributed by atoms with E-state index in [0.29, 0.717) is 0 Å². The zero-order valence-corrected chi connectivity index (χ0v) is 7.65. The maximum Gasteiger partial charge on any atom is 0.349 e. The van der Waals surface area contributed by atoms with Crippen LogP contribution < -0.4 is 27.7 Å². The molecule has 0 bridgehead atoms. The second-order valence-electron chi connectivity index (χ2n) is 1.93. The SMILES string of the molecule is NC(=O)NS(=O)(=O)/N=C(\N)N=C(N)N. The second kappa shape index (κ2) is 4.27. The molecule has 14 heavy (non-hydrogen) atoms. The molecule has 0 saturated carbocycles. The fourth-order valence-electron chi connectivity index (χ4n) is 0.426. The fourth-order valence-corrected chi connectivity index (χ4v) is 1.01. The summed E-state index contributed by atoms with van der Waals surface area (Å²) in [6, 6.07) is -1.30. The molecule has 0 aliphatic rings. The van der Waals surface area contributed by atoms with Gasteiger partial charge in [-0.3, -0.25) is 0 Å². The number of hydrogen-bond acceptors (Lipinski definition) is 3. The van der Waals surface area contributed by atoms with Crippen molar-refractivity contribution in [3.8, 4) is 0 Å². The molecule has 0 unspecified atom stereocenters. The van der Waals surface area contributed by atoms with E-state index in [1.807, 2.05) is 0 Å². The Morgan fingerprint density at radius 1 is 1.14 bits per heavy atom. The summed E-state index contributed by atoms with van der Waals surface area (Å²) in [5, 5.41) is 0. The summed E-state index contributed by atoms with van der Waals surface area (Å²) in [6.45, 7) is 0. The number of aliphatic imine (C=N–C) groups is 1. The summed E-state index contributed by atoms with van der Waals surface area (Å²) in [4.78, 5) is 13.3. The second-order valence-corrected chi connectivity index (χ2v) is 3.26. The van der Waals surface area contributed by atoms with Crippen molar-refractivity contribution >= 4 is 28.2 Å². The van der Waals surface area contributed by atoms with Crippen molar-refractivity contribution < 1.29 is 13.2 Å². The monoisotopic (exact) mass is 223 g/mol. The third kappa shape index (κ3) is 5.59. The fraction of sp³-hybridized carbons (Fsp3) is 0. The number of rotatable bonds is 2. The van der Waals surface area contributed by atoms with Crippen LogP contribution >= 0.6 is 0 Å². The Balaban J connectivity index is 4.81. The summed E-state index contributed by atoms with van der Waals surface area (Å²) in [5.74, 6) is -1.20. The van der Waals surface area contributed by atoms with Gasteiger partial charge in [0.2, 0.25) is 5.96 Å². The molecule has 0 aliphatic heterocycles. The van der Waals surface area contributed by atoms with Crippen molar-refractivity contribution in [1.29, 1.82) is 0 Å². The van der Waals surface area contributed by atoms with Crippen molar-refractivity contribution in [2.45, 2.75) is 0 Å². The quantitative estimate of drug-likeness (QED) is 0.238. The van der Waals surface area contributed by atoms with E-state index < -0.39 is 28.2 Å². The van der Waals surface area contributed by atoms with Crippen molar-refractivity contribution in [3.63, 3.8) is 0 Å². The van der Waals surface area contributed by atoms with Gasteiger partial charge in [-0.1, -0.05) is 0 Å². The van der Waals surface area contributed by atoms with Crippen molar-refractivity contribution in [1.82, 2.24) is 4.72 Å². The molecule has 0 spiro atoms. The van der Waals surface area contributed by atoms with Gasteiger partial charge < -0.3 is 22.9 Å². The molecule has 0 heterocycles. The number of nitrogens with zero attached hydrogens (tertiary/aromatic N) is 2. The van der Waals surface area contributed by atoms with Crippen LogP contribution in [0.3, 0.4) is 0 Å². The maximum absolute atomic E-state index is 10.8. The molecule has 0 aliphatic carbocycles. The number of carbonyl (C=O) groups excluding carboxylic acids is 1. The van der Waals surface area contributed by atoms with Crippen LogP contribution in [0, 0.1) is 0 Å². The van der Waals surface area contributed by atoms with Gasteiger partial charge in [0.15, 0.2) is 5.96 Å². The molecule has 0 rings (SSSR count). The van der Waals surface area contributed by atoms with E-state index in [0.717, 1.165) is 0 Å². The van der Waals surface area contributed by atoms with Gasteiger partial charge in [-0.15, -0.1) is 4.40 Å². The van der Waals surface area contributed by atoms with E-state index in [2.05, 4.69) is 15.1 Å². The number of carbonyl (C=O) groups is 1. The Labute approximate surface area is 79.2 Å². The largest absolute Gasteiger partial charge is 0.370 e. The van der Waals surface area contributed by atoms with E-state index in [4.69, 9.17) is 17.2 Å². The molecule has 0 aromatic heterocycles. The summed E-state index contributed by atoms with van der Waals surface area (Å²) in [6.07, 6.45) is 0. The zero-order valence-electron chi connectivity index (χ0n) is 6.84. The maximum atomic E-state index is 10.8. The summed E-state index contributed by atoms with van der Waals surface area (Å²) < 4.78 is 25.7. The number of nitrogens with two attached hydrogens (primary N) is 4. The lowest BCUT2D eigenvalue weighted by Gasteiger charge is -1.97. The molecule has 9 N–H and O–H groups in total. The number of hydrogen-bond donors (Lipinski definition) is 5. The smallest absolute Gasteiger partial charge is 0.349 e. The highest BCUT2D eigenvalue weighted by Gasteiger charge is 2.10. The Morgan fingerprint density at radius 2 is 1.64 bits per heavy atom. The van der Waals surface area contributed by atoms with Crippen LogP contribution in [0.25, 0.3) is 0 Å². The number of guanidine groups is 2. The van der Waals surface area contributed by atoms with Crippen LogP contribution in [0.4, 0.5) is 4.79 Å². The van der Waals surface area contributed by atoms with Gasteiger partial charge in [0.05, 0.1) is 0 Å². The predicted molar refractivity (Wildman–Crippen MR) is 49.1 cm³/mol. The topological polar surface area (TPSA) is 192 Å². The van der Waals surface area contributed by atoms with Gasteiger partial charge in [0.1, 0.15) is 0 Å². The van der Waals surface area contributed by atoms with E-state index >= 15 is 0 Å². The first-order valence-corrected chi connectivity index (χ1v) is 4.44. The van der Waals surface area contributed by atoms with Crippen LogP contribution in [0.1, 0.15) is 0 Å². The molecule has 0 aromatic carbocycles. The highest BCUT2D eigenvalue weighted by atomic mass is 32.2. The molecule has 10 nitrogen and oxygen atoms in total. The van der Waals surface area contributed by atoms with Crippen LogP contribution in [0.15, 0.2) is 9.39 Å². The van der Waals surface area contributed by atoms with Crippen LogP contribution in [0.5, 0.6) is 0 Å². The molecule has 80 valence electrons. The minimum absolute atomic E-state index is 0.472. The first-order valence-electron chi connectivity index (χ1n) is 3.00. The molecule has 0 atom stereocenters. The molecular formula is C3H9N7O3S. The number of primary amides is 1. The standard InChI is InChI=1S/C3H9N7O3S/c4-1(5)8-2(6)9-14(12,13)10-3(7)11/h(H3,7,10,11)(H6,4,5,6,8,9). The molecule has 0 radical (unpaired) electrons. The molecule has 0 aromatic rings. The highest BCUT2D eigenvalue weighted by molar-refractivity contribution is 7.88. The van der Waals surface area contributed by atoms with Crippen LogP contribution in [0.2, 0.25) is 0 Å². The lowest BCUT2D eigenvalue weighted by Crippen LogP contribution is -2.35. The summed E-state index contributed by atoms with van der Waals surface area (Å²) in [7, 11) is -4.31. The first kappa shape index (κ1) is 12.0. The third-order valence-electron chi connectivity index (χ3n) is 0.687. The minimum Gasteiger partial charge on any atom is -0.370 e. The summed E-state index contributed by atoms with van der Waals surface area (Å²) >= 11 is 0. The van der Waals surface area contributed by atoms with E-state index in [-0.39, 0.29) is 0 Å². The molecule has 0 fully saturated rings. The molecule has 11 heteroatoms. The lowest BCUT2D eigenvalue weighted by atomic mass is 11.0. The first-order chi connectivity index (χ1) is 6.23. The molecule has 2 amide bonds.